The standard InChI is InChI=1S/C7H16O11P2/c8-1-3-4(9)5(10)6(11)7(17-3)18-20(15,16)2-19(12,13)14/h3-11H,1-2H2,(H,15,16)(H2,12,13,14). The predicted octanol–water partition coefficient (Wildman–Crippen LogP) is -2.88. The normalized spacial score (nSPS) is 38.5. The molecule has 0 aromatic carbocycles. The summed E-state index contributed by atoms with van der Waals surface area (Å²) in [5.41, 5.74) is 0. The zero-order valence-electron chi connectivity index (χ0n) is 9.96. The highest BCUT2D eigenvalue weighted by Crippen LogP contribution is 2.56. The summed E-state index contributed by atoms with van der Waals surface area (Å²) < 4.78 is 31.3. The van der Waals surface area contributed by atoms with Crippen LogP contribution in [0.15, 0.2) is 0 Å². The van der Waals surface area contributed by atoms with Crippen molar-refractivity contribution >= 4 is 15.2 Å². The van der Waals surface area contributed by atoms with E-state index in [4.69, 9.17) is 19.6 Å². The summed E-state index contributed by atoms with van der Waals surface area (Å²) in [6.07, 6.45) is -8.76. The Morgan fingerprint density at radius 3 is 2.00 bits per heavy atom. The molecular formula is C7H16O11P2. The lowest BCUT2D eigenvalue weighted by atomic mass is 10.00. The van der Waals surface area contributed by atoms with Gasteiger partial charge in [-0.1, -0.05) is 0 Å². The van der Waals surface area contributed by atoms with Crippen molar-refractivity contribution in [2.24, 2.45) is 0 Å². The Labute approximate surface area is 113 Å². The van der Waals surface area contributed by atoms with Crippen LogP contribution in [0.1, 0.15) is 0 Å². The van der Waals surface area contributed by atoms with Gasteiger partial charge in [-0.3, -0.25) is 13.7 Å². The molecule has 0 aromatic heterocycles. The molecule has 1 saturated heterocycles. The molecule has 1 aliphatic heterocycles. The first kappa shape index (κ1) is 18.1. The maximum absolute atomic E-state index is 11.5. The summed E-state index contributed by atoms with van der Waals surface area (Å²) in [4.78, 5) is 26.5. The van der Waals surface area contributed by atoms with E-state index in [1.165, 1.54) is 0 Å². The van der Waals surface area contributed by atoms with Gasteiger partial charge in [-0.2, -0.15) is 0 Å². The number of aliphatic hydroxyl groups excluding tert-OH is 4. The fraction of sp³-hybridized carbons (Fsp3) is 1.00. The van der Waals surface area contributed by atoms with Gasteiger partial charge in [0.2, 0.25) is 0 Å². The Morgan fingerprint density at radius 1 is 1.00 bits per heavy atom. The van der Waals surface area contributed by atoms with Crippen LogP contribution in [0.5, 0.6) is 0 Å². The number of aliphatic hydroxyl groups is 4. The second-order valence-corrected chi connectivity index (χ2v) is 8.19. The molecule has 0 radical (unpaired) electrons. The van der Waals surface area contributed by atoms with E-state index in [2.05, 4.69) is 4.52 Å². The highest BCUT2D eigenvalue weighted by molar-refractivity contribution is 7.70. The maximum Gasteiger partial charge on any atom is 0.342 e. The van der Waals surface area contributed by atoms with Crippen molar-refractivity contribution in [2.45, 2.75) is 30.7 Å². The lowest BCUT2D eigenvalue weighted by molar-refractivity contribution is -0.278. The Bertz CT molecular complexity index is 419. The van der Waals surface area contributed by atoms with Crippen LogP contribution in [0.3, 0.4) is 0 Å². The number of ether oxygens (including phenoxy) is 1. The van der Waals surface area contributed by atoms with Crippen molar-refractivity contribution in [1.82, 2.24) is 0 Å². The van der Waals surface area contributed by atoms with Gasteiger partial charge in [-0.15, -0.1) is 0 Å². The molecule has 0 aromatic rings. The van der Waals surface area contributed by atoms with Crippen LogP contribution in [0, 0.1) is 0 Å². The number of hydrogen-bond donors (Lipinski definition) is 7. The summed E-state index contributed by atoms with van der Waals surface area (Å²) in [6, 6.07) is 0. The molecule has 0 spiro atoms. The third kappa shape index (κ3) is 4.83. The van der Waals surface area contributed by atoms with E-state index in [0.717, 1.165) is 0 Å². The summed E-state index contributed by atoms with van der Waals surface area (Å²) >= 11 is 0. The lowest BCUT2D eigenvalue weighted by Gasteiger charge is -2.39. The monoisotopic (exact) mass is 338 g/mol. The minimum absolute atomic E-state index is 0.779. The Morgan fingerprint density at radius 2 is 1.55 bits per heavy atom. The largest absolute Gasteiger partial charge is 0.394 e. The SMILES string of the molecule is O=P(O)(O)CP(=O)(O)OC1OC(CO)C(O)C(O)C1O. The third-order valence-corrected chi connectivity index (χ3v) is 5.92. The fourth-order valence-electron chi connectivity index (χ4n) is 1.58. The molecule has 1 aliphatic rings. The van der Waals surface area contributed by atoms with E-state index in [1.807, 2.05) is 0 Å². The smallest absolute Gasteiger partial charge is 0.342 e. The van der Waals surface area contributed by atoms with E-state index in [-0.39, 0.29) is 0 Å². The Hall–Kier alpha value is 0.100. The first-order valence-electron chi connectivity index (χ1n) is 5.32. The van der Waals surface area contributed by atoms with Crippen molar-refractivity contribution in [3.63, 3.8) is 0 Å². The first-order chi connectivity index (χ1) is 8.97. The Kier molecular flexibility index (Phi) is 5.87. The van der Waals surface area contributed by atoms with Gasteiger partial charge in [0.05, 0.1) is 6.61 Å². The van der Waals surface area contributed by atoms with Crippen LogP contribution in [-0.4, -0.2) is 78.3 Å². The summed E-state index contributed by atoms with van der Waals surface area (Å²) in [5.74, 6) is -1.50. The fourth-order valence-corrected chi connectivity index (χ4v) is 4.21. The van der Waals surface area contributed by atoms with E-state index < -0.39 is 58.4 Å². The molecule has 7 N–H and O–H groups in total. The molecule has 11 nitrogen and oxygen atoms in total. The Balaban J connectivity index is 2.80. The molecule has 0 aliphatic carbocycles. The van der Waals surface area contributed by atoms with Gasteiger partial charge >= 0.3 is 15.2 Å². The molecule has 6 unspecified atom stereocenters. The van der Waals surface area contributed by atoms with Gasteiger partial charge in [-0.25, -0.2) is 0 Å². The highest BCUT2D eigenvalue weighted by Gasteiger charge is 2.47. The second-order valence-electron chi connectivity index (χ2n) is 4.25. The van der Waals surface area contributed by atoms with Crippen molar-refractivity contribution in [3.05, 3.63) is 0 Å². The maximum atomic E-state index is 11.5. The van der Waals surface area contributed by atoms with Gasteiger partial charge in [0.15, 0.2) is 12.2 Å². The lowest BCUT2D eigenvalue weighted by Crippen LogP contribution is -2.58. The molecule has 0 bridgehead atoms. The minimum Gasteiger partial charge on any atom is -0.394 e. The summed E-state index contributed by atoms with van der Waals surface area (Å²) in [5, 5.41) is 37.2. The molecule has 1 heterocycles. The van der Waals surface area contributed by atoms with E-state index in [1.54, 1.807) is 0 Å². The van der Waals surface area contributed by atoms with E-state index >= 15 is 0 Å². The molecule has 0 amide bonds. The summed E-state index contributed by atoms with van der Waals surface area (Å²) in [6.45, 7) is -0.779. The molecule has 120 valence electrons. The van der Waals surface area contributed by atoms with E-state index in [9.17, 15) is 29.3 Å². The zero-order chi connectivity index (χ0) is 15.7. The van der Waals surface area contributed by atoms with Crippen LogP contribution < -0.4 is 0 Å². The van der Waals surface area contributed by atoms with Crippen molar-refractivity contribution in [2.75, 3.05) is 12.5 Å². The van der Waals surface area contributed by atoms with Gasteiger partial charge in [0.25, 0.3) is 0 Å². The molecule has 0 saturated carbocycles. The topological polar surface area (TPSA) is 194 Å². The molecule has 1 fully saturated rings. The average Bonchev–Trinajstić information content (AvgIpc) is 2.26. The minimum atomic E-state index is -4.86. The quantitative estimate of drug-likeness (QED) is 0.254. The highest BCUT2D eigenvalue weighted by atomic mass is 31.2. The molecule has 1 rings (SSSR count). The number of hydrogen-bond acceptors (Lipinski definition) is 8. The van der Waals surface area contributed by atoms with Crippen molar-refractivity contribution in [3.8, 4) is 0 Å². The zero-order valence-corrected chi connectivity index (χ0v) is 11.7. The number of rotatable bonds is 5. The van der Waals surface area contributed by atoms with Gasteiger partial charge < -0.3 is 39.8 Å². The molecule has 20 heavy (non-hydrogen) atoms. The van der Waals surface area contributed by atoms with Gasteiger partial charge in [-0.05, 0) is 0 Å². The van der Waals surface area contributed by atoms with Gasteiger partial charge in [0, 0.05) is 0 Å². The van der Waals surface area contributed by atoms with Crippen LogP contribution in [0.2, 0.25) is 0 Å². The van der Waals surface area contributed by atoms with Crippen LogP contribution in [-0.2, 0) is 18.4 Å². The third-order valence-electron chi connectivity index (χ3n) is 2.48. The second kappa shape index (κ2) is 6.47. The van der Waals surface area contributed by atoms with E-state index in [0.29, 0.717) is 0 Å². The first-order valence-corrected chi connectivity index (χ1v) is 8.88. The van der Waals surface area contributed by atoms with Crippen LogP contribution in [0.4, 0.5) is 0 Å². The van der Waals surface area contributed by atoms with Crippen LogP contribution >= 0.6 is 15.2 Å². The summed E-state index contributed by atoms with van der Waals surface area (Å²) in [7, 11) is -9.69. The average molecular weight is 338 g/mol. The molecular weight excluding hydrogens is 322 g/mol. The molecule has 6 atom stereocenters. The van der Waals surface area contributed by atoms with Crippen molar-refractivity contribution in [1.29, 1.82) is 0 Å². The van der Waals surface area contributed by atoms with Crippen LogP contribution in [0.25, 0.3) is 0 Å². The predicted molar refractivity (Wildman–Crippen MR) is 61.6 cm³/mol. The molecule has 13 heteroatoms. The van der Waals surface area contributed by atoms with Gasteiger partial charge in [0.1, 0.15) is 24.4 Å². The van der Waals surface area contributed by atoms with Crippen molar-refractivity contribution < 1.29 is 53.5 Å².